The van der Waals surface area contributed by atoms with Gasteiger partial charge in [-0.1, -0.05) is 52.8 Å². The lowest BCUT2D eigenvalue weighted by atomic mass is 10.0. The van der Waals surface area contributed by atoms with E-state index in [2.05, 4.69) is 10.3 Å². The van der Waals surface area contributed by atoms with E-state index in [9.17, 15) is 4.79 Å². The molecule has 0 aromatic heterocycles. The fourth-order valence-electron chi connectivity index (χ4n) is 3.05. The predicted octanol–water partition coefficient (Wildman–Crippen LogP) is 2.32. The number of hydrogen-bond donors (Lipinski definition) is 2. The summed E-state index contributed by atoms with van der Waals surface area (Å²) in [5.74, 6) is -0.233. The van der Waals surface area contributed by atoms with Crippen LogP contribution in [0.4, 0.5) is 0 Å². The highest BCUT2D eigenvalue weighted by Gasteiger charge is 2.36. The Balaban J connectivity index is 1.84. The number of hydrogen-bond acceptors (Lipinski definition) is 5. The number of nitrogens with zero attached hydrogens (tertiary/aromatic N) is 3. The number of rotatable bonds is 4. The molecule has 0 radical (unpaired) electrons. The van der Waals surface area contributed by atoms with Crippen LogP contribution in [0.3, 0.4) is 0 Å². The molecular formula is C19H20N4O3. The standard InChI is InChI=1S/C19H20N4O3/c1-26-22-16-11-17(18(20)21-25)23(12-16)19(24)15-9-7-14(8-10-15)13-5-3-2-4-6-13/h2-10,17,25H,11-12H2,1H3,(H2,20,21)/b22-16-/t17-/m0/s1. The van der Waals surface area contributed by atoms with Crippen molar-refractivity contribution in [3.8, 4) is 11.1 Å². The Morgan fingerprint density at radius 1 is 1.15 bits per heavy atom. The molecule has 7 nitrogen and oxygen atoms in total. The monoisotopic (exact) mass is 352 g/mol. The third kappa shape index (κ3) is 3.51. The van der Waals surface area contributed by atoms with E-state index in [1.54, 1.807) is 12.1 Å². The van der Waals surface area contributed by atoms with Gasteiger partial charge in [0, 0.05) is 12.0 Å². The van der Waals surface area contributed by atoms with Crippen molar-refractivity contribution < 1.29 is 14.8 Å². The molecule has 1 atom stereocenters. The second kappa shape index (κ2) is 7.69. The van der Waals surface area contributed by atoms with Gasteiger partial charge >= 0.3 is 0 Å². The lowest BCUT2D eigenvalue weighted by Crippen LogP contribution is -2.43. The molecule has 134 valence electrons. The molecule has 1 fully saturated rings. The molecule has 2 aromatic rings. The Hall–Kier alpha value is -3.35. The lowest BCUT2D eigenvalue weighted by Gasteiger charge is -2.23. The van der Waals surface area contributed by atoms with Gasteiger partial charge in [-0.3, -0.25) is 4.79 Å². The van der Waals surface area contributed by atoms with Gasteiger partial charge in [-0.25, -0.2) is 0 Å². The first-order valence-corrected chi connectivity index (χ1v) is 8.16. The van der Waals surface area contributed by atoms with Crippen molar-refractivity contribution in [3.63, 3.8) is 0 Å². The maximum absolute atomic E-state index is 12.9. The Kier molecular flexibility index (Phi) is 5.17. The van der Waals surface area contributed by atoms with E-state index in [0.29, 0.717) is 17.7 Å². The molecule has 0 unspecified atom stereocenters. The van der Waals surface area contributed by atoms with Crippen LogP contribution >= 0.6 is 0 Å². The highest BCUT2D eigenvalue weighted by atomic mass is 16.6. The minimum absolute atomic E-state index is 0.0273. The zero-order chi connectivity index (χ0) is 18.5. The van der Waals surface area contributed by atoms with Crippen LogP contribution in [0.1, 0.15) is 16.8 Å². The summed E-state index contributed by atoms with van der Waals surface area (Å²) in [4.78, 5) is 19.2. The summed E-state index contributed by atoms with van der Waals surface area (Å²) in [6.07, 6.45) is 0.373. The number of amides is 1. The fraction of sp³-hybridized carbons (Fsp3) is 0.211. The smallest absolute Gasteiger partial charge is 0.254 e. The molecule has 0 saturated carbocycles. The number of carbonyl (C=O) groups is 1. The van der Waals surface area contributed by atoms with Gasteiger partial charge in [0.1, 0.15) is 7.11 Å². The number of benzene rings is 2. The quantitative estimate of drug-likeness (QED) is 0.382. The summed E-state index contributed by atoms with van der Waals surface area (Å²) >= 11 is 0. The van der Waals surface area contributed by atoms with Crippen LogP contribution < -0.4 is 5.73 Å². The second-order valence-electron chi connectivity index (χ2n) is 5.96. The molecule has 0 aliphatic carbocycles. The van der Waals surface area contributed by atoms with Gasteiger partial charge in [0.05, 0.1) is 18.3 Å². The molecule has 2 aromatic carbocycles. The van der Waals surface area contributed by atoms with Crippen molar-refractivity contribution in [2.75, 3.05) is 13.7 Å². The first kappa shape index (κ1) is 17.5. The van der Waals surface area contributed by atoms with Crippen LogP contribution in [0.5, 0.6) is 0 Å². The van der Waals surface area contributed by atoms with Crippen LogP contribution in [0.2, 0.25) is 0 Å². The van der Waals surface area contributed by atoms with Crippen molar-refractivity contribution >= 4 is 17.5 Å². The molecule has 7 heteroatoms. The van der Waals surface area contributed by atoms with Gasteiger partial charge in [0.25, 0.3) is 5.91 Å². The molecule has 3 rings (SSSR count). The van der Waals surface area contributed by atoms with Gasteiger partial charge < -0.3 is 20.7 Å². The SMILES string of the molecule is CO/N=C1/C[C@@H](/C(N)=N\O)N(C(=O)c2ccc(-c3ccccc3)cc2)C1. The molecule has 1 saturated heterocycles. The molecule has 1 heterocycles. The number of nitrogens with two attached hydrogens (primary N) is 1. The molecule has 3 N–H and O–H groups in total. The van der Waals surface area contributed by atoms with Crippen LogP contribution in [0.25, 0.3) is 11.1 Å². The van der Waals surface area contributed by atoms with E-state index in [1.807, 2.05) is 42.5 Å². The summed E-state index contributed by atoms with van der Waals surface area (Å²) < 4.78 is 0. The van der Waals surface area contributed by atoms with Gasteiger partial charge in [0.2, 0.25) is 0 Å². The Morgan fingerprint density at radius 3 is 2.42 bits per heavy atom. The lowest BCUT2D eigenvalue weighted by molar-refractivity contribution is 0.0772. The number of oxime groups is 2. The summed E-state index contributed by atoms with van der Waals surface area (Å²) in [7, 11) is 1.44. The maximum atomic E-state index is 12.9. The molecule has 0 spiro atoms. The van der Waals surface area contributed by atoms with E-state index in [-0.39, 0.29) is 18.3 Å². The van der Waals surface area contributed by atoms with Gasteiger partial charge in [0.15, 0.2) is 5.84 Å². The average Bonchev–Trinajstić information content (AvgIpc) is 3.12. The van der Waals surface area contributed by atoms with E-state index in [1.165, 1.54) is 12.0 Å². The van der Waals surface area contributed by atoms with Crippen LogP contribution in [0, 0.1) is 0 Å². The minimum Gasteiger partial charge on any atom is -0.409 e. The Bertz CT molecular complexity index is 832. The topological polar surface area (TPSA) is 101 Å². The number of likely N-dealkylation sites (tertiary alicyclic amines) is 1. The Morgan fingerprint density at radius 2 is 1.81 bits per heavy atom. The largest absolute Gasteiger partial charge is 0.409 e. The third-order valence-corrected chi connectivity index (χ3v) is 4.34. The van der Waals surface area contributed by atoms with Crippen LogP contribution in [-0.2, 0) is 4.84 Å². The normalized spacial score (nSPS) is 19.0. The molecule has 0 bridgehead atoms. The first-order chi connectivity index (χ1) is 12.6. The summed E-state index contributed by atoms with van der Waals surface area (Å²) in [5, 5.41) is 15.9. The van der Waals surface area contributed by atoms with E-state index in [0.717, 1.165) is 11.1 Å². The Labute approximate surface area is 151 Å². The second-order valence-corrected chi connectivity index (χ2v) is 5.96. The van der Waals surface area contributed by atoms with E-state index in [4.69, 9.17) is 15.8 Å². The van der Waals surface area contributed by atoms with Crippen molar-refractivity contribution in [3.05, 3.63) is 60.2 Å². The minimum atomic E-state index is -0.546. The third-order valence-electron chi connectivity index (χ3n) is 4.34. The molecular weight excluding hydrogens is 332 g/mol. The highest BCUT2D eigenvalue weighted by molar-refractivity contribution is 6.06. The highest BCUT2D eigenvalue weighted by Crippen LogP contribution is 2.23. The molecule has 1 aliphatic rings. The van der Waals surface area contributed by atoms with Gasteiger partial charge in [-0.2, -0.15) is 0 Å². The average molecular weight is 352 g/mol. The van der Waals surface area contributed by atoms with Crippen LogP contribution in [0.15, 0.2) is 64.9 Å². The van der Waals surface area contributed by atoms with Gasteiger partial charge in [-0.05, 0) is 23.3 Å². The van der Waals surface area contributed by atoms with Crippen molar-refractivity contribution in [1.82, 2.24) is 4.90 Å². The first-order valence-electron chi connectivity index (χ1n) is 8.16. The summed E-state index contributed by atoms with van der Waals surface area (Å²) in [6.45, 7) is 0.272. The van der Waals surface area contributed by atoms with Crippen molar-refractivity contribution in [2.45, 2.75) is 12.5 Å². The number of carbonyl (C=O) groups excluding carboxylic acids is 1. The van der Waals surface area contributed by atoms with Gasteiger partial charge in [-0.15, -0.1) is 0 Å². The van der Waals surface area contributed by atoms with E-state index >= 15 is 0 Å². The summed E-state index contributed by atoms with van der Waals surface area (Å²) in [5.41, 5.74) is 9.05. The zero-order valence-electron chi connectivity index (χ0n) is 14.4. The predicted molar refractivity (Wildman–Crippen MR) is 99.2 cm³/mol. The maximum Gasteiger partial charge on any atom is 0.254 e. The van der Waals surface area contributed by atoms with Crippen LogP contribution in [-0.4, -0.2) is 47.3 Å². The molecule has 1 aliphatic heterocycles. The summed E-state index contributed by atoms with van der Waals surface area (Å²) in [6, 6.07) is 16.7. The van der Waals surface area contributed by atoms with Crippen molar-refractivity contribution in [2.24, 2.45) is 16.0 Å². The van der Waals surface area contributed by atoms with E-state index < -0.39 is 6.04 Å². The zero-order valence-corrected chi connectivity index (χ0v) is 14.4. The van der Waals surface area contributed by atoms with Crippen molar-refractivity contribution in [1.29, 1.82) is 0 Å². The molecule has 1 amide bonds. The molecule has 26 heavy (non-hydrogen) atoms. The number of amidine groups is 1. The fourth-order valence-corrected chi connectivity index (χ4v) is 3.05.